The van der Waals surface area contributed by atoms with E-state index in [0.29, 0.717) is 16.7 Å². The van der Waals surface area contributed by atoms with E-state index in [-0.39, 0.29) is 0 Å². The van der Waals surface area contributed by atoms with E-state index in [1.165, 1.54) is 4.88 Å². The maximum absolute atomic E-state index is 5.88. The lowest BCUT2D eigenvalue weighted by Gasteiger charge is -2.19. The Labute approximate surface area is 109 Å². The van der Waals surface area contributed by atoms with Gasteiger partial charge >= 0.3 is 0 Å². The topological polar surface area (TPSA) is 55.0 Å². The summed E-state index contributed by atoms with van der Waals surface area (Å²) < 4.78 is 0. The second kappa shape index (κ2) is 4.89. The van der Waals surface area contributed by atoms with Crippen molar-refractivity contribution in [3.05, 3.63) is 33.4 Å². The lowest BCUT2D eigenvalue weighted by molar-refractivity contribution is 0.903. The normalized spacial score (nSPS) is 10.5. The van der Waals surface area contributed by atoms with Gasteiger partial charge in [-0.25, -0.2) is 9.97 Å². The van der Waals surface area contributed by atoms with Gasteiger partial charge in [0.15, 0.2) is 5.82 Å². The van der Waals surface area contributed by atoms with Gasteiger partial charge in [-0.15, -0.1) is 11.3 Å². The second-order valence-electron chi connectivity index (χ2n) is 3.76. The quantitative estimate of drug-likeness (QED) is 0.870. The number of rotatable bonds is 3. The van der Waals surface area contributed by atoms with Crippen molar-refractivity contribution in [3.8, 4) is 0 Å². The van der Waals surface area contributed by atoms with E-state index in [0.717, 1.165) is 12.2 Å². The SMILES string of the molecule is Cc1ncsc1CN(C)c1nc(Cl)ccc1N. The summed E-state index contributed by atoms with van der Waals surface area (Å²) in [5.74, 6) is 0.699. The Bertz CT molecular complexity index is 526. The minimum absolute atomic E-state index is 0.446. The van der Waals surface area contributed by atoms with Crippen molar-refractivity contribution in [2.75, 3.05) is 17.7 Å². The molecule has 0 saturated carbocycles. The number of pyridine rings is 1. The number of anilines is 2. The molecule has 0 aliphatic rings. The highest BCUT2D eigenvalue weighted by atomic mass is 35.5. The maximum Gasteiger partial charge on any atom is 0.153 e. The zero-order valence-corrected chi connectivity index (χ0v) is 11.2. The van der Waals surface area contributed by atoms with Crippen molar-refractivity contribution in [2.24, 2.45) is 0 Å². The average Bonchev–Trinajstić information content (AvgIpc) is 2.68. The first-order valence-corrected chi connectivity index (χ1v) is 6.36. The highest BCUT2D eigenvalue weighted by molar-refractivity contribution is 7.09. The Hall–Kier alpha value is -1.33. The molecular formula is C11H13ClN4S. The molecule has 0 radical (unpaired) electrons. The van der Waals surface area contributed by atoms with Crippen LogP contribution in [-0.2, 0) is 6.54 Å². The molecule has 2 heterocycles. The summed E-state index contributed by atoms with van der Waals surface area (Å²) >= 11 is 7.50. The van der Waals surface area contributed by atoms with Gasteiger partial charge in [0.2, 0.25) is 0 Å². The minimum atomic E-state index is 0.446. The molecular weight excluding hydrogens is 256 g/mol. The van der Waals surface area contributed by atoms with Gasteiger partial charge in [0, 0.05) is 11.9 Å². The second-order valence-corrected chi connectivity index (χ2v) is 5.09. The predicted octanol–water partition coefficient (Wildman–Crippen LogP) is 2.72. The molecule has 6 heteroatoms. The van der Waals surface area contributed by atoms with Crippen LogP contribution in [0.1, 0.15) is 10.6 Å². The van der Waals surface area contributed by atoms with Crippen LogP contribution >= 0.6 is 22.9 Å². The van der Waals surface area contributed by atoms with E-state index >= 15 is 0 Å². The van der Waals surface area contributed by atoms with E-state index in [1.54, 1.807) is 23.5 Å². The number of aryl methyl sites for hydroxylation is 1. The molecule has 2 aromatic rings. The summed E-state index contributed by atoms with van der Waals surface area (Å²) in [4.78, 5) is 11.6. The number of aromatic nitrogens is 2. The summed E-state index contributed by atoms with van der Waals surface area (Å²) in [6.07, 6.45) is 0. The summed E-state index contributed by atoms with van der Waals surface area (Å²) in [6, 6.07) is 3.45. The van der Waals surface area contributed by atoms with Crippen molar-refractivity contribution in [1.82, 2.24) is 9.97 Å². The third kappa shape index (κ3) is 2.68. The summed E-state index contributed by atoms with van der Waals surface area (Å²) in [7, 11) is 1.94. The van der Waals surface area contributed by atoms with Crippen molar-refractivity contribution < 1.29 is 0 Å². The molecule has 0 spiro atoms. The van der Waals surface area contributed by atoms with E-state index < -0.39 is 0 Å². The number of hydrogen-bond donors (Lipinski definition) is 1. The van der Waals surface area contributed by atoms with Crippen LogP contribution < -0.4 is 10.6 Å². The minimum Gasteiger partial charge on any atom is -0.396 e. The highest BCUT2D eigenvalue weighted by Crippen LogP contribution is 2.24. The maximum atomic E-state index is 5.88. The van der Waals surface area contributed by atoms with Gasteiger partial charge in [-0.2, -0.15) is 0 Å². The first-order valence-electron chi connectivity index (χ1n) is 5.10. The third-order valence-corrected chi connectivity index (χ3v) is 3.59. The van der Waals surface area contributed by atoms with Crippen molar-refractivity contribution in [3.63, 3.8) is 0 Å². The predicted molar refractivity (Wildman–Crippen MR) is 72.6 cm³/mol. The largest absolute Gasteiger partial charge is 0.396 e. The molecule has 0 bridgehead atoms. The molecule has 0 fully saturated rings. The molecule has 2 rings (SSSR count). The Morgan fingerprint density at radius 3 is 2.88 bits per heavy atom. The summed E-state index contributed by atoms with van der Waals surface area (Å²) in [6.45, 7) is 2.72. The molecule has 0 aliphatic carbocycles. The Balaban J connectivity index is 2.23. The molecule has 0 saturated heterocycles. The lowest BCUT2D eigenvalue weighted by Crippen LogP contribution is -2.19. The fraction of sp³-hybridized carbons (Fsp3) is 0.273. The van der Waals surface area contributed by atoms with E-state index in [2.05, 4.69) is 9.97 Å². The number of nitrogens with two attached hydrogens (primary N) is 1. The molecule has 90 valence electrons. The first-order chi connectivity index (χ1) is 8.08. The smallest absolute Gasteiger partial charge is 0.153 e. The molecule has 0 atom stereocenters. The number of halogens is 1. The van der Waals surface area contributed by atoms with Gasteiger partial charge in [0.1, 0.15) is 5.15 Å². The van der Waals surface area contributed by atoms with Crippen LogP contribution in [0.4, 0.5) is 11.5 Å². The Kier molecular flexibility index (Phi) is 3.49. The standard InChI is InChI=1S/C11H13ClN4S/c1-7-9(17-6-14-7)5-16(2)11-8(13)3-4-10(12)15-11/h3-4,6H,5,13H2,1-2H3. The molecule has 0 amide bonds. The zero-order valence-electron chi connectivity index (χ0n) is 9.64. The van der Waals surface area contributed by atoms with Gasteiger partial charge in [0.05, 0.1) is 23.4 Å². The van der Waals surface area contributed by atoms with Gasteiger partial charge in [0.25, 0.3) is 0 Å². The van der Waals surface area contributed by atoms with Gasteiger partial charge in [-0.3, -0.25) is 0 Å². The summed E-state index contributed by atoms with van der Waals surface area (Å²) in [5, 5.41) is 0.446. The first kappa shape index (κ1) is 12.1. The third-order valence-electron chi connectivity index (χ3n) is 2.46. The Morgan fingerprint density at radius 2 is 2.24 bits per heavy atom. The number of nitrogens with zero attached hydrogens (tertiary/aromatic N) is 3. The van der Waals surface area contributed by atoms with E-state index in [4.69, 9.17) is 17.3 Å². The monoisotopic (exact) mass is 268 g/mol. The van der Waals surface area contributed by atoms with Crippen molar-refractivity contribution in [1.29, 1.82) is 0 Å². The zero-order chi connectivity index (χ0) is 12.4. The van der Waals surface area contributed by atoms with Crippen LogP contribution in [0.25, 0.3) is 0 Å². The number of hydrogen-bond acceptors (Lipinski definition) is 5. The molecule has 17 heavy (non-hydrogen) atoms. The van der Waals surface area contributed by atoms with Gasteiger partial charge in [-0.05, 0) is 19.1 Å². The lowest BCUT2D eigenvalue weighted by atomic mass is 10.3. The van der Waals surface area contributed by atoms with Crippen LogP contribution in [-0.4, -0.2) is 17.0 Å². The summed E-state index contributed by atoms with van der Waals surface area (Å²) in [5.41, 5.74) is 9.39. The molecule has 2 aromatic heterocycles. The molecule has 0 aliphatic heterocycles. The highest BCUT2D eigenvalue weighted by Gasteiger charge is 2.11. The van der Waals surface area contributed by atoms with Crippen molar-refractivity contribution in [2.45, 2.75) is 13.5 Å². The molecule has 0 aromatic carbocycles. The van der Waals surface area contributed by atoms with Crippen LogP contribution in [0.5, 0.6) is 0 Å². The van der Waals surface area contributed by atoms with E-state index in [9.17, 15) is 0 Å². The van der Waals surface area contributed by atoms with Crippen LogP contribution in [0.3, 0.4) is 0 Å². The van der Waals surface area contributed by atoms with Gasteiger partial charge in [-0.1, -0.05) is 11.6 Å². The average molecular weight is 269 g/mol. The van der Waals surface area contributed by atoms with Crippen LogP contribution in [0.2, 0.25) is 5.15 Å². The fourth-order valence-corrected chi connectivity index (χ4v) is 2.48. The Morgan fingerprint density at radius 1 is 1.47 bits per heavy atom. The van der Waals surface area contributed by atoms with E-state index in [1.807, 2.05) is 24.4 Å². The number of nitrogen functional groups attached to an aromatic ring is 1. The van der Waals surface area contributed by atoms with Crippen LogP contribution in [0.15, 0.2) is 17.6 Å². The van der Waals surface area contributed by atoms with Gasteiger partial charge < -0.3 is 10.6 Å². The fourth-order valence-electron chi connectivity index (χ4n) is 1.51. The number of thiazole rings is 1. The van der Waals surface area contributed by atoms with Crippen molar-refractivity contribution >= 4 is 34.4 Å². The van der Waals surface area contributed by atoms with Crippen LogP contribution in [0, 0.1) is 6.92 Å². The molecule has 2 N–H and O–H groups in total. The molecule has 4 nitrogen and oxygen atoms in total. The molecule has 0 unspecified atom stereocenters.